The maximum Gasteiger partial charge on any atom is 0.326 e. The number of amides is 2. The summed E-state index contributed by atoms with van der Waals surface area (Å²) in [5.74, 6) is -0.0989. The van der Waals surface area contributed by atoms with Gasteiger partial charge in [-0.05, 0) is 68.5 Å². The molecule has 1 aliphatic rings. The van der Waals surface area contributed by atoms with E-state index in [2.05, 4.69) is 42.0 Å². The molecule has 0 saturated carbocycles. The van der Waals surface area contributed by atoms with Crippen LogP contribution in [-0.2, 0) is 35.1 Å². The Morgan fingerprint density at radius 2 is 1.51 bits per heavy atom. The summed E-state index contributed by atoms with van der Waals surface area (Å²) in [6.45, 7) is 13.4. The third-order valence-electron chi connectivity index (χ3n) is 11.3. The lowest BCUT2D eigenvalue weighted by atomic mass is 9.88. The number of anilines is 2. The minimum absolute atomic E-state index is 0.0473. The molecule has 0 unspecified atom stereocenters. The molecule has 1 aliphatic heterocycles. The highest BCUT2D eigenvalue weighted by molar-refractivity contribution is 6.13. The van der Waals surface area contributed by atoms with E-state index in [1.165, 1.54) is 6.20 Å². The molecule has 21 heteroatoms. The molecule has 0 spiro atoms. The Bertz CT molecular complexity index is 2670. The van der Waals surface area contributed by atoms with Crippen molar-refractivity contribution in [3.8, 4) is 34.7 Å². The average Bonchev–Trinajstić information content (AvgIpc) is 3.56. The van der Waals surface area contributed by atoms with Gasteiger partial charge in [0.15, 0.2) is 12.4 Å². The molecule has 386 valence electrons. The van der Waals surface area contributed by atoms with E-state index in [1.807, 2.05) is 45.6 Å². The van der Waals surface area contributed by atoms with Gasteiger partial charge in [0.1, 0.15) is 35.1 Å². The molecule has 0 bridgehead atoms. The van der Waals surface area contributed by atoms with Gasteiger partial charge in [-0.15, -0.1) is 0 Å². The summed E-state index contributed by atoms with van der Waals surface area (Å²) < 4.78 is 33.7. The van der Waals surface area contributed by atoms with E-state index in [9.17, 15) is 29.5 Å². The Labute approximate surface area is 424 Å². The number of carbonyl (C=O) groups is 4. The molecular formula is C52H62N10O11. The van der Waals surface area contributed by atoms with Gasteiger partial charge in [0.05, 0.1) is 75.2 Å². The van der Waals surface area contributed by atoms with E-state index in [1.54, 1.807) is 73.2 Å². The molecule has 0 fully saturated rings. The average molecular weight is 1000 g/mol. The number of nitrogens with one attached hydrogen (secondary N) is 3. The number of carbonyl (C=O) groups excluding carboxylic acids is 3. The minimum Gasteiger partial charge on any atom is -0.484 e. The van der Waals surface area contributed by atoms with Crippen LogP contribution in [-0.4, -0.2) is 138 Å². The lowest BCUT2D eigenvalue weighted by molar-refractivity contribution is -0.142. The van der Waals surface area contributed by atoms with Gasteiger partial charge < -0.3 is 54.4 Å². The lowest BCUT2D eigenvalue weighted by Gasteiger charge is -2.32. The first-order valence-electron chi connectivity index (χ1n) is 23.8. The van der Waals surface area contributed by atoms with Crippen LogP contribution in [0, 0.1) is 16.7 Å². The number of aliphatic carboxylic acids is 1. The van der Waals surface area contributed by atoms with Crippen LogP contribution in [0.1, 0.15) is 79.4 Å². The number of benzene rings is 1. The Balaban J connectivity index is 0.764. The monoisotopic (exact) mass is 1000 g/mol. The maximum absolute atomic E-state index is 13.3. The summed E-state index contributed by atoms with van der Waals surface area (Å²) in [4.78, 5) is 74.0. The first-order valence-corrected chi connectivity index (χ1v) is 23.8. The molecule has 5 aromatic rings. The molecule has 21 nitrogen and oxygen atoms in total. The molecule has 1 aromatic carbocycles. The summed E-state index contributed by atoms with van der Waals surface area (Å²) in [5, 5.41) is 27.5. The molecular weight excluding hydrogens is 941 g/mol. The van der Waals surface area contributed by atoms with Gasteiger partial charge in [0.2, 0.25) is 11.8 Å². The second-order valence-electron chi connectivity index (χ2n) is 18.4. The standard InChI is InChI=1S/C52H62N10O11/c1-51(2,3)16-15-42(49(66)67)60-44(63)34-72-38-9-6-10-39(28-38)73-45-14-11-35(30-57-45)48(65)55-18-20-68-22-24-70-26-27-71-25-23-69-21-19-56-50-58-31-37(32-59-50)41-13-12-40-46(64)52(4,5)62(47(40)61-41)33-36-8-7-17-54-43(36)29-53/h6-14,17,28,30-32,42H,15-16,18-27,33-34H2,1-5H3,(H,55,65)(H,60,63)(H,66,67)(H,56,58,59)/t42-/m0/s1. The van der Waals surface area contributed by atoms with Crippen molar-refractivity contribution in [2.75, 3.05) is 82.8 Å². The number of rotatable bonds is 29. The fraction of sp³-hybridized carbons (Fsp3) is 0.423. The predicted molar refractivity (Wildman–Crippen MR) is 267 cm³/mol. The van der Waals surface area contributed by atoms with Crippen molar-refractivity contribution in [3.63, 3.8) is 0 Å². The number of ether oxygens (including phenoxy) is 6. The highest BCUT2D eigenvalue weighted by Gasteiger charge is 2.45. The Morgan fingerprint density at radius 3 is 2.16 bits per heavy atom. The largest absolute Gasteiger partial charge is 0.484 e. The van der Waals surface area contributed by atoms with Crippen LogP contribution >= 0.6 is 0 Å². The van der Waals surface area contributed by atoms with E-state index < -0.39 is 23.5 Å². The molecule has 0 aliphatic carbocycles. The number of carboxylic acids is 1. The first kappa shape index (κ1) is 54.7. The zero-order chi connectivity index (χ0) is 52.2. The highest BCUT2D eigenvalue weighted by Crippen LogP contribution is 2.40. The number of nitrogens with zero attached hydrogens (tertiary/aromatic N) is 7. The van der Waals surface area contributed by atoms with Gasteiger partial charge in [0.25, 0.3) is 11.8 Å². The molecule has 0 saturated heterocycles. The number of nitriles is 1. The summed E-state index contributed by atoms with van der Waals surface area (Å²) in [5.41, 5.74) is 2.23. The summed E-state index contributed by atoms with van der Waals surface area (Å²) in [6, 6.07) is 18.0. The van der Waals surface area contributed by atoms with Gasteiger partial charge in [-0.3, -0.25) is 14.4 Å². The second-order valence-corrected chi connectivity index (χ2v) is 18.4. The molecule has 4 aromatic heterocycles. The fourth-order valence-corrected chi connectivity index (χ4v) is 7.25. The van der Waals surface area contributed by atoms with Crippen LogP contribution < -0.4 is 30.3 Å². The number of fused-ring (bicyclic) bond motifs is 1. The van der Waals surface area contributed by atoms with Gasteiger partial charge >= 0.3 is 5.97 Å². The van der Waals surface area contributed by atoms with Gasteiger partial charge in [-0.1, -0.05) is 32.9 Å². The Kier molecular flexibility index (Phi) is 20.0. The van der Waals surface area contributed by atoms with Crippen molar-refractivity contribution in [3.05, 3.63) is 108 Å². The van der Waals surface area contributed by atoms with Crippen LogP contribution in [0.3, 0.4) is 0 Å². The minimum atomic E-state index is -1.10. The number of aromatic nitrogens is 5. The molecule has 2 amide bonds. The zero-order valence-electron chi connectivity index (χ0n) is 41.7. The Morgan fingerprint density at radius 1 is 0.822 bits per heavy atom. The molecule has 5 heterocycles. The van der Waals surface area contributed by atoms with Crippen LogP contribution in [0.15, 0.2) is 85.5 Å². The first-order chi connectivity index (χ1) is 35.1. The number of hydrogen-bond acceptors (Lipinski definition) is 18. The highest BCUT2D eigenvalue weighted by atomic mass is 16.6. The van der Waals surface area contributed by atoms with Crippen molar-refractivity contribution in [1.29, 1.82) is 5.26 Å². The van der Waals surface area contributed by atoms with E-state index in [0.29, 0.717) is 129 Å². The third-order valence-corrected chi connectivity index (χ3v) is 11.3. The summed E-state index contributed by atoms with van der Waals surface area (Å²) in [7, 11) is 0. The molecule has 6 rings (SSSR count). The quantitative estimate of drug-likeness (QED) is 0.0421. The molecule has 1 atom stereocenters. The molecule has 73 heavy (non-hydrogen) atoms. The van der Waals surface area contributed by atoms with E-state index in [0.717, 1.165) is 0 Å². The van der Waals surface area contributed by atoms with Gasteiger partial charge in [-0.2, -0.15) is 5.26 Å². The second kappa shape index (κ2) is 26.7. The van der Waals surface area contributed by atoms with Gasteiger partial charge in [0, 0.05) is 67.7 Å². The van der Waals surface area contributed by atoms with E-state index >= 15 is 0 Å². The summed E-state index contributed by atoms with van der Waals surface area (Å²) >= 11 is 0. The third kappa shape index (κ3) is 16.7. The number of hydrogen-bond donors (Lipinski definition) is 4. The SMILES string of the molecule is CC(C)(C)CC[C@H](NC(=O)COc1cccc(Oc2ccc(C(=O)NCCOCCOCCOCCOCCNc3ncc(-c4ccc5c(n4)N(Cc4cccnc4C#N)C(C)(C)C5=O)cn3)cn2)c1)C(=O)O. The number of carboxylic acid groups (broad SMARTS) is 1. The molecule has 4 N–H and O–H groups in total. The maximum atomic E-state index is 13.3. The van der Waals surface area contributed by atoms with Crippen LogP contribution in [0.4, 0.5) is 11.8 Å². The van der Waals surface area contributed by atoms with Crippen molar-refractivity contribution in [1.82, 2.24) is 35.6 Å². The van der Waals surface area contributed by atoms with Crippen molar-refractivity contribution >= 4 is 35.3 Å². The number of ketones is 1. The number of pyridine rings is 3. The normalized spacial score (nSPS) is 13.2. The fourth-order valence-electron chi connectivity index (χ4n) is 7.25. The zero-order valence-corrected chi connectivity index (χ0v) is 41.7. The lowest BCUT2D eigenvalue weighted by Crippen LogP contribution is -2.44. The Hall–Kier alpha value is -7.64. The van der Waals surface area contributed by atoms with Gasteiger partial charge in [-0.25, -0.2) is 29.7 Å². The smallest absolute Gasteiger partial charge is 0.326 e. The van der Waals surface area contributed by atoms with Crippen molar-refractivity contribution < 1.29 is 52.7 Å². The van der Waals surface area contributed by atoms with Crippen LogP contribution in [0.2, 0.25) is 0 Å². The van der Waals surface area contributed by atoms with Crippen molar-refractivity contribution in [2.24, 2.45) is 5.41 Å². The van der Waals surface area contributed by atoms with Crippen LogP contribution in [0.5, 0.6) is 17.4 Å². The van der Waals surface area contributed by atoms with E-state index in [-0.39, 0.29) is 42.7 Å². The van der Waals surface area contributed by atoms with E-state index in [4.69, 9.17) is 33.4 Å². The predicted octanol–water partition coefficient (Wildman–Crippen LogP) is 5.66. The van der Waals surface area contributed by atoms with Crippen LogP contribution in [0.25, 0.3) is 11.3 Å². The molecule has 0 radical (unpaired) electrons. The number of Topliss-reactive ketones (excluding diaryl/α,β-unsaturated/α-hetero) is 1. The summed E-state index contributed by atoms with van der Waals surface area (Å²) in [6.07, 6.45) is 7.23. The topological polar surface area (TPSA) is 271 Å². The van der Waals surface area contributed by atoms with Crippen molar-refractivity contribution in [2.45, 2.75) is 65.6 Å².